The van der Waals surface area contributed by atoms with Crippen molar-refractivity contribution in [2.45, 2.75) is 68.4 Å². The maximum absolute atomic E-state index is 13.8. The van der Waals surface area contributed by atoms with Crippen LogP contribution >= 0.6 is 11.8 Å². The van der Waals surface area contributed by atoms with Gasteiger partial charge in [0.1, 0.15) is 0 Å². The monoisotopic (exact) mass is 454 g/mol. The van der Waals surface area contributed by atoms with Gasteiger partial charge in [0.2, 0.25) is 0 Å². The van der Waals surface area contributed by atoms with Crippen LogP contribution in [0.4, 0.5) is 0 Å². The third-order valence-electron chi connectivity index (χ3n) is 6.24. The van der Waals surface area contributed by atoms with Crippen LogP contribution in [-0.4, -0.2) is 19.4 Å². The summed E-state index contributed by atoms with van der Waals surface area (Å²) in [6.07, 6.45) is 5.89. The molecule has 1 aliphatic carbocycles. The standard InChI is InChI=1S/C27H34O2S2/c1-21(17-19-30-23-13-7-5-8-14-23)20-25(26-22(2)12-11-18-27(26,3)4)31(28,29)24-15-9-6-10-16-24/h5-10,13-17,25H,11-12,18-20H2,1-4H3. The molecule has 0 saturated heterocycles. The third-order valence-corrected chi connectivity index (χ3v) is 9.26. The fourth-order valence-electron chi connectivity index (χ4n) is 4.67. The van der Waals surface area contributed by atoms with Crippen LogP contribution in [0.25, 0.3) is 0 Å². The molecule has 0 fully saturated rings. The van der Waals surface area contributed by atoms with Crippen LogP contribution in [0, 0.1) is 5.41 Å². The molecule has 1 aliphatic rings. The van der Waals surface area contributed by atoms with Crippen molar-refractivity contribution in [3.63, 3.8) is 0 Å². The van der Waals surface area contributed by atoms with E-state index >= 15 is 0 Å². The van der Waals surface area contributed by atoms with Gasteiger partial charge < -0.3 is 0 Å². The fourth-order valence-corrected chi connectivity index (χ4v) is 7.75. The third kappa shape index (κ3) is 5.93. The Balaban J connectivity index is 1.92. The molecule has 0 heterocycles. The molecule has 4 heteroatoms. The summed E-state index contributed by atoms with van der Waals surface area (Å²) in [5.41, 5.74) is 3.42. The summed E-state index contributed by atoms with van der Waals surface area (Å²) >= 11 is 1.78. The first-order chi connectivity index (χ1) is 14.7. The van der Waals surface area contributed by atoms with Gasteiger partial charge in [-0.15, -0.1) is 11.8 Å². The second kappa shape index (κ2) is 10.2. The van der Waals surface area contributed by atoms with Gasteiger partial charge in [0, 0.05) is 10.6 Å². The van der Waals surface area contributed by atoms with E-state index in [1.807, 2.05) is 36.4 Å². The minimum Gasteiger partial charge on any atom is -0.223 e. The molecule has 0 bridgehead atoms. The van der Waals surface area contributed by atoms with Crippen LogP contribution in [0.15, 0.2) is 93.2 Å². The lowest BCUT2D eigenvalue weighted by Crippen LogP contribution is -2.34. The zero-order chi connectivity index (χ0) is 22.5. The predicted molar refractivity (Wildman–Crippen MR) is 133 cm³/mol. The maximum Gasteiger partial charge on any atom is 0.185 e. The lowest BCUT2D eigenvalue weighted by atomic mass is 9.71. The molecule has 2 aromatic carbocycles. The minimum atomic E-state index is -3.48. The molecule has 0 aromatic heterocycles. The minimum absolute atomic E-state index is 0.103. The van der Waals surface area contributed by atoms with Crippen LogP contribution in [0.5, 0.6) is 0 Å². The first-order valence-corrected chi connectivity index (χ1v) is 13.6. The predicted octanol–water partition coefficient (Wildman–Crippen LogP) is 7.48. The zero-order valence-electron chi connectivity index (χ0n) is 19.1. The van der Waals surface area contributed by atoms with Crippen molar-refractivity contribution < 1.29 is 8.42 Å². The van der Waals surface area contributed by atoms with E-state index < -0.39 is 15.1 Å². The Hall–Kier alpha value is -1.78. The van der Waals surface area contributed by atoms with Gasteiger partial charge in [-0.2, -0.15) is 0 Å². The summed E-state index contributed by atoms with van der Waals surface area (Å²) in [4.78, 5) is 1.65. The molecule has 0 radical (unpaired) electrons. The van der Waals surface area contributed by atoms with Crippen LogP contribution in [0.3, 0.4) is 0 Å². The van der Waals surface area contributed by atoms with E-state index in [0.29, 0.717) is 11.3 Å². The van der Waals surface area contributed by atoms with Gasteiger partial charge in [0.15, 0.2) is 9.84 Å². The Labute approximate surface area is 192 Å². The number of thioether (sulfide) groups is 1. The number of rotatable bonds is 8. The Morgan fingerprint density at radius 1 is 1.06 bits per heavy atom. The SMILES string of the molecule is CC(=CCSc1ccccc1)CC(C1=C(C)CCCC1(C)C)S(=O)(=O)c1ccccc1. The molecule has 0 spiro atoms. The number of benzene rings is 2. The van der Waals surface area contributed by atoms with E-state index in [1.54, 1.807) is 23.9 Å². The summed E-state index contributed by atoms with van der Waals surface area (Å²) in [7, 11) is -3.48. The largest absolute Gasteiger partial charge is 0.223 e. The molecule has 2 aromatic rings. The molecule has 1 atom stereocenters. The second-order valence-electron chi connectivity index (χ2n) is 9.16. The van der Waals surface area contributed by atoms with E-state index in [9.17, 15) is 8.42 Å². The molecule has 1 unspecified atom stereocenters. The Morgan fingerprint density at radius 2 is 1.68 bits per heavy atom. The van der Waals surface area contributed by atoms with E-state index in [4.69, 9.17) is 0 Å². The van der Waals surface area contributed by atoms with Crippen molar-refractivity contribution in [2.24, 2.45) is 5.41 Å². The summed E-state index contributed by atoms with van der Waals surface area (Å²) in [5, 5.41) is -0.511. The van der Waals surface area contributed by atoms with Crippen LogP contribution in [0.1, 0.15) is 53.4 Å². The van der Waals surface area contributed by atoms with Gasteiger partial charge in [-0.3, -0.25) is 0 Å². The maximum atomic E-state index is 13.8. The molecular formula is C27H34O2S2. The quantitative estimate of drug-likeness (QED) is 0.306. The van der Waals surface area contributed by atoms with Gasteiger partial charge in [-0.05, 0) is 74.8 Å². The van der Waals surface area contributed by atoms with Crippen molar-refractivity contribution in [1.82, 2.24) is 0 Å². The first kappa shape index (κ1) is 23.9. The zero-order valence-corrected chi connectivity index (χ0v) is 20.7. The lowest BCUT2D eigenvalue weighted by molar-refractivity contribution is 0.353. The highest BCUT2D eigenvalue weighted by Gasteiger charge is 2.40. The molecule has 31 heavy (non-hydrogen) atoms. The van der Waals surface area contributed by atoms with Gasteiger partial charge in [0.25, 0.3) is 0 Å². The van der Waals surface area contributed by atoms with E-state index in [1.165, 1.54) is 10.5 Å². The second-order valence-corrected chi connectivity index (χ2v) is 12.4. The first-order valence-electron chi connectivity index (χ1n) is 11.0. The lowest BCUT2D eigenvalue weighted by Gasteiger charge is -2.39. The van der Waals surface area contributed by atoms with Crippen molar-refractivity contribution >= 4 is 21.6 Å². The summed E-state index contributed by atoms with van der Waals surface area (Å²) in [6, 6.07) is 19.3. The van der Waals surface area contributed by atoms with E-state index in [-0.39, 0.29) is 5.41 Å². The van der Waals surface area contributed by atoms with Gasteiger partial charge in [0.05, 0.1) is 10.1 Å². The molecule has 0 saturated carbocycles. The normalized spacial score (nSPS) is 18.1. The average Bonchev–Trinajstić information content (AvgIpc) is 2.74. The van der Waals surface area contributed by atoms with Crippen LogP contribution in [0.2, 0.25) is 0 Å². The molecule has 0 N–H and O–H groups in total. The van der Waals surface area contributed by atoms with Crippen molar-refractivity contribution in [2.75, 3.05) is 5.75 Å². The average molecular weight is 455 g/mol. The number of hydrogen-bond donors (Lipinski definition) is 0. The Morgan fingerprint density at radius 3 is 2.29 bits per heavy atom. The highest BCUT2D eigenvalue weighted by Crippen LogP contribution is 2.46. The fraction of sp³-hybridized carbons (Fsp3) is 0.407. The Kier molecular flexibility index (Phi) is 7.87. The molecule has 0 amide bonds. The van der Waals surface area contributed by atoms with Gasteiger partial charge in [-0.25, -0.2) is 8.42 Å². The number of sulfone groups is 1. The summed E-state index contributed by atoms with van der Waals surface area (Å²) < 4.78 is 27.7. The van der Waals surface area contributed by atoms with Crippen LogP contribution < -0.4 is 0 Å². The van der Waals surface area contributed by atoms with Crippen molar-refractivity contribution in [1.29, 1.82) is 0 Å². The Bertz CT molecular complexity index is 1030. The molecule has 166 valence electrons. The van der Waals surface area contributed by atoms with Gasteiger partial charge >= 0.3 is 0 Å². The topological polar surface area (TPSA) is 34.1 Å². The molecular weight excluding hydrogens is 420 g/mol. The molecule has 2 nitrogen and oxygen atoms in total. The highest BCUT2D eigenvalue weighted by molar-refractivity contribution is 7.99. The molecule has 3 rings (SSSR count). The van der Waals surface area contributed by atoms with Crippen LogP contribution in [-0.2, 0) is 9.84 Å². The van der Waals surface area contributed by atoms with Crippen molar-refractivity contribution in [3.8, 4) is 0 Å². The number of hydrogen-bond acceptors (Lipinski definition) is 3. The van der Waals surface area contributed by atoms with E-state index in [0.717, 1.165) is 36.2 Å². The molecule has 0 aliphatic heterocycles. The summed E-state index contributed by atoms with van der Waals surface area (Å²) in [5.74, 6) is 0.843. The van der Waals surface area contributed by atoms with Crippen molar-refractivity contribution in [3.05, 3.63) is 83.5 Å². The van der Waals surface area contributed by atoms with Gasteiger partial charge in [-0.1, -0.05) is 67.5 Å². The number of allylic oxidation sites excluding steroid dienone is 2. The smallest absolute Gasteiger partial charge is 0.185 e. The highest BCUT2D eigenvalue weighted by atomic mass is 32.2. The summed E-state index contributed by atoms with van der Waals surface area (Å²) in [6.45, 7) is 8.63. The van der Waals surface area contributed by atoms with E-state index in [2.05, 4.69) is 45.9 Å².